The van der Waals surface area contributed by atoms with Crippen LogP contribution in [0.25, 0.3) is 0 Å². The smallest absolute Gasteiger partial charge is 0.0804 e. The first-order chi connectivity index (χ1) is 12.7. The topological polar surface area (TPSA) is 86.7 Å². The van der Waals surface area contributed by atoms with Gasteiger partial charge in [0.15, 0.2) is 0 Å². The standard InChI is InChI=1S/C23H41NO3/c1-5-14(2)17-6-7-18-16(12-24)19(8-9-22(17,18)3)23(4)11-21(27)20(26)10-15(23)13-25/h15-21,25-27H,2,5-13,24H2,1,3-4H3/t15-,16-,17?,18?,19?,20+,21-,22+,23+/m1/s1. The molecule has 0 amide bonds. The summed E-state index contributed by atoms with van der Waals surface area (Å²) in [6, 6.07) is 0. The molecule has 4 nitrogen and oxygen atoms in total. The molecule has 0 aromatic rings. The van der Waals surface area contributed by atoms with Crippen molar-refractivity contribution >= 4 is 0 Å². The predicted molar refractivity (Wildman–Crippen MR) is 109 cm³/mol. The fourth-order valence-corrected chi connectivity index (χ4v) is 7.56. The van der Waals surface area contributed by atoms with E-state index in [-0.39, 0.29) is 23.4 Å². The van der Waals surface area contributed by atoms with E-state index in [0.717, 1.165) is 12.8 Å². The summed E-state index contributed by atoms with van der Waals surface area (Å²) in [4.78, 5) is 0. The van der Waals surface area contributed by atoms with Crippen LogP contribution in [0.5, 0.6) is 0 Å². The molecule has 0 radical (unpaired) electrons. The number of aliphatic hydroxyl groups excluding tert-OH is 3. The van der Waals surface area contributed by atoms with Crippen LogP contribution < -0.4 is 5.73 Å². The van der Waals surface area contributed by atoms with Crippen molar-refractivity contribution in [3.8, 4) is 0 Å². The van der Waals surface area contributed by atoms with E-state index in [0.29, 0.717) is 43.1 Å². The van der Waals surface area contributed by atoms with Crippen molar-refractivity contribution in [1.82, 2.24) is 0 Å². The molecule has 0 aliphatic heterocycles. The van der Waals surface area contributed by atoms with Crippen LogP contribution in [-0.4, -0.2) is 40.7 Å². The highest BCUT2D eigenvalue weighted by Crippen LogP contribution is 2.64. The minimum Gasteiger partial charge on any atom is -0.396 e. The summed E-state index contributed by atoms with van der Waals surface area (Å²) in [5.41, 5.74) is 7.89. The normalized spacial score (nSPS) is 50.4. The van der Waals surface area contributed by atoms with Gasteiger partial charge < -0.3 is 21.1 Å². The molecule has 3 fully saturated rings. The molecule has 0 spiro atoms. The number of hydrogen-bond acceptors (Lipinski definition) is 4. The van der Waals surface area contributed by atoms with Gasteiger partial charge in [0, 0.05) is 6.61 Å². The highest BCUT2D eigenvalue weighted by atomic mass is 16.3. The number of nitrogens with two attached hydrogens (primary N) is 1. The molecule has 0 aromatic carbocycles. The second-order valence-corrected chi connectivity index (χ2v) is 10.3. The zero-order chi connectivity index (χ0) is 20.0. The predicted octanol–water partition coefficient (Wildman–Crippen LogP) is 3.10. The Kier molecular flexibility index (Phi) is 6.13. The Labute approximate surface area is 165 Å². The van der Waals surface area contributed by atoms with Crippen molar-refractivity contribution in [3.05, 3.63) is 12.2 Å². The number of allylic oxidation sites excluding steroid dienone is 1. The molecule has 3 aliphatic carbocycles. The Morgan fingerprint density at radius 3 is 2.33 bits per heavy atom. The van der Waals surface area contributed by atoms with E-state index in [1.807, 2.05) is 0 Å². The van der Waals surface area contributed by atoms with Gasteiger partial charge in [0.1, 0.15) is 0 Å². The fourth-order valence-electron chi connectivity index (χ4n) is 7.56. The third kappa shape index (κ3) is 3.31. The average molecular weight is 380 g/mol. The summed E-state index contributed by atoms with van der Waals surface area (Å²) in [6.45, 7) is 12.0. The van der Waals surface area contributed by atoms with Gasteiger partial charge in [-0.1, -0.05) is 32.9 Å². The van der Waals surface area contributed by atoms with Crippen molar-refractivity contribution < 1.29 is 15.3 Å². The Hall–Kier alpha value is -0.420. The van der Waals surface area contributed by atoms with Gasteiger partial charge in [-0.05, 0) is 91.9 Å². The molecular weight excluding hydrogens is 338 g/mol. The van der Waals surface area contributed by atoms with E-state index in [1.165, 1.54) is 24.8 Å². The summed E-state index contributed by atoms with van der Waals surface area (Å²) >= 11 is 0. The lowest BCUT2D eigenvalue weighted by Crippen LogP contribution is -2.56. The summed E-state index contributed by atoms with van der Waals surface area (Å²) in [5.74, 6) is 2.04. The Balaban J connectivity index is 1.89. The molecule has 3 saturated carbocycles. The molecule has 0 heterocycles. The largest absolute Gasteiger partial charge is 0.396 e. The second-order valence-electron chi connectivity index (χ2n) is 10.3. The van der Waals surface area contributed by atoms with Crippen molar-refractivity contribution in [2.24, 2.45) is 46.2 Å². The molecule has 27 heavy (non-hydrogen) atoms. The van der Waals surface area contributed by atoms with Crippen LogP contribution in [0, 0.1) is 40.4 Å². The van der Waals surface area contributed by atoms with Gasteiger partial charge in [0.2, 0.25) is 0 Å². The van der Waals surface area contributed by atoms with Crippen LogP contribution in [0.15, 0.2) is 12.2 Å². The lowest BCUT2D eigenvalue weighted by molar-refractivity contribution is -0.140. The Morgan fingerprint density at radius 1 is 1.07 bits per heavy atom. The van der Waals surface area contributed by atoms with E-state index in [2.05, 4.69) is 27.4 Å². The first-order valence-corrected chi connectivity index (χ1v) is 11.1. The highest BCUT2D eigenvalue weighted by molar-refractivity contribution is 5.15. The molecular formula is C23H41NO3. The van der Waals surface area contributed by atoms with E-state index in [1.54, 1.807) is 0 Å². The van der Waals surface area contributed by atoms with E-state index >= 15 is 0 Å². The Bertz CT molecular complexity index is 552. The average Bonchev–Trinajstić information content (AvgIpc) is 3.00. The molecule has 156 valence electrons. The fraction of sp³-hybridized carbons (Fsp3) is 0.913. The number of hydrogen-bond donors (Lipinski definition) is 4. The molecule has 0 aromatic heterocycles. The summed E-state index contributed by atoms with van der Waals surface area (Å²) in [6.07, 6.45) is 5.39. The van der Waals surface area contributed by atoms with Crippen molar-refractivity contribution in [1.29, 1.82) is 0 Å². The van der Waals surface area contributed by atoms with Crippen LogP contribution in [0.3, 0.4) is 0 Å². The molecule has 5 N–H and O–H groups in total. The first kappa shape index (κ1) is 21.3. The molecule has 3 aliphatic rings. The van der Waals surface area contributed by atoms with Gasteiger partial charge in [-0.25, -0.2) is 0 Å². The summed E-state index contributed by atoms with van der Waals surface area (Å²) in [5, 5.41) is 30.6. The zero-order valence-electron chi connectivity index (χ0n) is 17.5. The lowest BCUT2D eigenvalue weighted by atomic mass is 9.48. The van der Waals surface area contributed by atoms with Crippen molar-refractivity contribution in [2.75, 3.05) is 13.2 Å². The van der Waals surface area contributed by atoms with E-state index in [4.69, 9.17) is 5.73 Å². The molecule has 3 unspecified atom stereocenters. The number of fused-ring (bicyclic) bond motifs is 1. The Morgan fingerprint density at radius 2 is 1.74 bits per heavy atom. The summed E-state index contributed by atoms with van der Waals surface area (Å²) in [7, 11) is 0. The van der Waals surface area contributed by atoms with Crippen LogP contribution in [0.2, 0.25) is 0 Å². The molecule has 3 rings (SSSR count). The SMILES string of the molecule is C=C(CC)C1CCC2[C@@H](CN)C([C@@]3(C)C[C@@H](O)[C@@H](O)C[C@@H]3CO)CC[C@@]12C. The minimum absolute atomic E-state index is 0.0297. The maximum absolute atomic E-state index is 10.4. The monoisotopic (exact) mass is 379 g/mol. The molecule has 4 heteroatoms. The lowest BCUT2D eigenvalue weighted by Gasteiger charge is -2.57. The van der Waals surface area contributed by atoms with E-state index in [9.17, 15) is 15.3 Å². The van der Waals surface area contributed by atoms with Gasteiger partial charge in [-0.3, -0.25) is 0 Å². The van der Waals surface area contributed by atoms with Gasteiger partial charge in [-0.2, -0.15) is 0 Å². The third-order valence-corrected chi connectivity index (χ3v) is 9.28. The van der Waals surface area contributed by atoms with Crippen LogP contribution in [-0.2, 0) is 0 Å². The van der Waals surface area contributed by atoms with Gasteiger partial charge >= 0.3 is 0 Å². The maximum atomic E-state index is 10.4. The van der Waals surface area contributed by atoms with Gasteiger partial charge in [0.05, 0.1) is 12.2 Å². The molecule has 0 saturated heterocycles. The number of rotatable bonds is 5. The first-order valence-electron chi connectivity index (χ1n) is 11.1. The second kappa shape index (κ2) is 7.78. The minimum atomic E-state index is -0.718. The molecule has 0 bridgehead atoms. The highest BCUT2D eigenvalue weighted by Gasteiger charge is 2.59. The van der Waals surface area contributed by atoms with Crippen LogP contribution in [0.4, 0.5) is 0 Å². The third-order valence-electron chi connectivity index (χ3n) is 9.28. The van der Waals surface area contributed by atoms with Crippen LogP contribution >= 0.6 is 0 Å². The number of aliphatic hydroxyl groups is 3. The molecule has 9 atom stereocenters. The van der Waals surface area contributed by atoms with Crippen LogP contribution in [0.1, 0.15) is 65.7 Å². The van der Waals surface area contributed by atoms with Gasteiger partial charge in [0.25, 0.3) is 0 Å². The van der Waals surface area contributed by atoms with E-state index < -0.39 is 12.2 Å². The van der Waals surface area contributed by atoms with Gasteiger partial charge in [-0.15, -0.1) is 0 Å². The zero-order valence-corrected chi connectivity index (χ0v) is 17.5. The quantitative estimate of drug-likeness (QED) is 0.553. The maximum Gasteiger partial charge on any atom is 0.0804 e. The summed E-state index contributed by atoms with van der Waals surface area (Å²) < 4.78 is 0. The van der Waals surface area contributed by atoms with Crippen molar-refractivity contribution in [3.63, 3.8) is 0 Å². The van der Waals surface area contributed by atoms with Crippen molar-refractivity contribution in [2.45, 2.75) is 77.9 Å².